The Balaban J connectivity index is 2.45. The van der Waals surface area contributed by atoms with Gasteiger partial charge in [-0.1, -0.05) is 89.0 Å². The summed E-state index contributed by atoms with van der Waals surface area (Å²) in [6, 6.07) is 8.11. The molecular weight excluding hydrogens is 396 g/mol. The van der Waals surface area contributed by atoms with Gasteiger partial charge in [0, 0.05) is 6.42 Å². The monoisotopic (exact) mass is 436 g/mol. The van der Waals surface area contributed by atoms with E-state index in [1.165, 1.54) is 82.2 Å². The molecule has 1 atom stereocenters. The van der Waals surface area contributed by atoms with Crippen molar-refractivity contribution >= 4 is 23.7 Å². The molecule has 0 amide bonds. The van der Waals surface area contributed by atoms with Crippen LogP contribution in [0.5, 0.6) is 0 Å². The molecule has 0 aliphatic heterocycles. The highest BCUT2D eigenvalue weighted by Gasteiger charge is 2.24. The fraction of sp³-hybridized carbons (Fsp3) is 0.680. The van der Waals surface area contributed by atoms with Crippen molar-refractivity contribution in [1.29, 1.82) is 0 Å². The van der Waals surface area contributed by atoms with Gasteiger partial charge in [0.05, 0.1) is 7.11 Å². The maximum atomic E-state index is 12.4. The zero-order chi connectivity index (χ0) is 22.0. The van der Waals surface area contributed by atoms with Gasteiger partial charge in [0.1, 0.15) is 5.25 Å². The number of hydrogen-bond acceptors (Lipinski definition) is 4. The zero-order valence-corrected chi connectivity index (χ0v) is 19.7. The number of carbonyl (C=O) groups is 2. The van der Waals surface area contributed by atoms with Crippen LogP contribution in [0.4, 0.5) is 0 Å². The van der Waals surface area contributed by atoms with Gasteiger partial charge in [-0.05, 0) is 36.1 Å². The molecule has 0 fully saturated rings. The van der Waals surface area contributed by atoms with E-state index in [1.54, 1.807) is 0 Å². The summed E-state index contributed by atoms with van der Waals surface area (Å²) in [4.78, 5) is 23.1. The molecule has 1 N–H and O–H groups in total. The van der Waals surface area contributed by atoms with Crippen LogP contribution in [0, 0.1) is 0 Å². The molecule has 170 valence electrons. The van der Waals surface area contributed by atoms with Crippen LogP contribution < -0.4 is 0 Å². The number of esters is 1. The molecule has 0 saturated heterocycles. The van der Waals surface area contributed by atoms with Gasteiger partial charge in [-0.3, -0.25) is 9.59 Å². The van der Waals surface area contributed by atoms with Gasteiger partial charge in [-0.15, -0.1) is 11.8 Å². The van der Waals surface area contributed by atoms with Crippen molar-refractivity contribution < 1.29 is 19.4 Å². The summed E-state index contributed by atoms with van der Waals surface area (Å²) < 4.78 is 5.03. The van der Waals surface area contributed by atoms with E-state index in [-0.39, 0.29) is 17.6 Å². The topological polar surface area (TPSA) is 63.6 Å². The average molecular weight is 437 g/mol. The maximum Gasteiger partial charge on any atom is 0.323 e. The van der Waals surface area contributed by atoms with Crippen molar-refractivity contribution in [2.45, 2.75) is 95.6 Å². The highest BCUT2D eigenvalue weighted by molar-refractivity contribution is 8.00. The molecule has 0 heterocycles. The lowest BCUT2D eigenvalue weighted by molar-refractivity contribution is -0.140. The van der Waals surface area contributed by atoms with E-state index in [4.69, 9.17) is 9.84 Å². The summed E-state index contributed by atoms with van der Waals surface area (Å²) in [7, 11) is 1.41. The van der Waals surface area contributed by atoms with Crippen LogP contribution in [0.2, 0.25) is 0 Å². The SMILES string of the molecule is CCCCCCCCCCCCc1ccccc1C(SCCCC(=O)O)C(=O)OC. The van der Waals surface area contributed by atoms with Gasteiger partial charge in [-0.25, -0.2) is 0 Å². The molecule has 0 bridgehead atoms. The Morgan fingerprint density at radius 1 is 0.933 bits per heavy atom. The number of carbonyl (C=O) groups excluding carboxylic acids is 1. The van der Waals surface area contributed by atoms with E-state index in [9.17, 15) is 9.59 Å². The van der Waals surface area contributed by atoms with Crippen molar-refractivity contribution in [3.05, 3.63) is 35.4 Å². The number of unbranched alkanes of at least 4 members (excludes halogenated alkanes) is 9. The molecular formula is C25H40O4S. The van der Waals surface area contributed by atoms with Crippen LogP contribution >= 0.6 is 11.8 Å². The lowest BCUT2D eigenvalue weighted by Crippen LogP contribution is -2.14. The van der Waals surface area contributed by atoms with Gasteiger partial charge in [-0.2, -0.15) is 0 Å². The molecule has 0 aromatic heterocycles. The van der Waals surface area contributed by atoms with Crippen LogP contribution in [-0.4, -0.2) is 29.9 Å². The second-order valence-corrected chi connectivity index (χ2v) is 9.12. The van der Waals surface area contributed by atoms with Gasteiger partial charge in [0.15, 0.2) is 0 Å². The first-order valence-corrected chi connectivity index (χ1v) is 12.6. The Bertz CT molecular complexity index is 603. The predicted octanol–water partition coefficient (Wildman–Crippen LogP) is 6.96. The third-order valence-electron chi connectivity index (χ3n) is 5.37. The molecule has 1 aromatic rings. The fourth-order valence-corrected chi connectivity index (χ4v) is 4.83. The molecule has 30 heavy (non-hydrogen) atoms. The largest absolute Gasteiger partial charge is 0.481 e. The number of aryl methyl sites for hydroxylation is 1. The summed E-state index contributed by atoms with van der Waals surface area (Å²) in [5.74, 6) is -0.434. The number of methoxy groups -OCH3 is 1. The van der Waals surface area contributed by atoms with E-state index in [0.717, 1.165) is 18.4 Å². The first-order valence-electron chi connectivity index (χ1n) is 11.6. The van der Waals surface area contributed by atoms with E-state index in [0.29, 0.717) is 12.2 Å². The Kier molecular flexibility index (Phi) is 15.2. The highest BCUT2D eigenvalue weighted by atomic mass is 32.2. The van der Waals surface area contributed by atoms with Crippen molar-refractivity contribution in [2.75, 3.05) is 12.9 Å². The molecule has 0 aliphatic carbocycles. The fourth-order valence-electron chi connectivity index (χ4n) is 3.64. The summed E-state index contributed by atoms with van der Waals surface area (Å²) in [5.41, 5.74) is 2.22. The second kappa shape index (κ2) is 17.2. The normalized spacial score (nSPS) is 11.9. The first-order chi connectivity index (χ1) is 14.6. The van der Waals surface area contributed by atoms with Crippen LogP contribution in [0.1, 0.15) is 100 Å². The van der Waals surface area contributed by atoms with Crippen molar-refractivity contribution in [1.82, 2.24) is 0 Å². The predicted molar refractivity (Wildman–Crippen MR) is 126 cm³/mol. The second-order valence-electron chi connectivity index (χ2n) is 7.90. The third kappa shape index (κ3) is 11.6. The first kappa shape index (κ1) is 26.5. The minimum atomic E-state index is -0.799. The number of hydrogen-bond donors (Lipinski definition) is 1. The van der Waals surface area contributed by atoms with E-state index >= 15 is 0 Å². The number of aliphatic carboxylic acids is 1. The molecule has 0 radical (unpaired) electrons. The number of thioether (sulfide) groups is 1. The molecule has 1 unspecified atom stereocenters. The summed E-state index contributed by atoms with van der Waals surface area (Å²) in [6.07, 6.45) is 14.7. The van der Waals surface area contributed by atoms with Gasteiger partial charge >= 0.3 is 11.9 Å². The number of benzene rings is 1. The minimum Gasteiger partial charge on any atom is -0.481 e. The lowest BCUT2D eigenvalue weighted by Gasteiger charge is -2.18. The van der Waals surface area contributed by atoms with Gasteiger partial charge in [0.2, 0.25) is 0 Å². The van der Waals surface area contributed by atoms with Gasteiger partial charge in [0.25, 0.3) is 0 Å². The molecule has 0 spiro atoms. The molecule has 5 heteroatoms. The minimum absolute atomic E-state index is 0.126. The third-order valence-corrected chi connectivity index (χ3v) is 6.68. The summed E-state index contributed by atoms with van der Waals surface area (Å²) in [6.45, 7) is 2.25. The average Bonchev–Trinajstić information content (AvgIpc) is 2.75. The van der Waals surface area contributed by atoms with E-state index in [2.05, 4.69) is 13.0 Å². The Hall–Kier alpha value is -1.49. The molecule has 0 saturated carbocycles. The highest BCUT2D eigenvalue weighted by Crippen LogP contribution is 2.33. The van der Waals surface area contributed by atoms with Crippen molar-refractivity contribution in [2.24, 2.45) is 0 Å². The number of rotatable bonds is 18. The zero-order valence-electron chi connectivity index (χ0n) is 18.9. The maximum absolute atomic E-state index is 12.4. The van der Waals surface area contributed by atoms with Crippen molar-refractivity contribution in [3.8, 4) is 0 Å². The number of carboxylic acid groups (broad SMARTS) is 1. The van der Waals surface area contributed by atoms with Crippen LogP contribution in [0.25, 0.3) is 0 Å². The Morgan fingerprint density at radius 3 is 2.13 bits per heavy atom. The quantitative estimate of drug-likeness (QED) is 0.199. The van der Waals surface area contributed by atoms with E-state index < -0.39 is 5.97 Å². The van der Waals surface area contributed by atoms with Crippen LogP contribution in [0.15, 0.2) is 24.3 Å². The Morgan fingerprint density at radius 2 is 1.53 bits per heavy atom. The standard InChI is InChI=1S/C25H40O4S/c1-3-4-5-6-7-8-9-10-11-12-16-21-17-13-14-18-22(21)24(25(28)29-2)30-20-15-19-23(26)27/h13-14,17-18,24H,3-12,15-16,19-20H2,1-2H3,(H,26,27). The molecule has 1 aromatic carbocycles. The van der Waals surface area contributed by atoms with Crippen LogP contribution in [0.3, 0.4) is 0 Å². The molecule has 1 rings (SSSR count). The molecule has 0 aliphatic rings. The van der Waals surface area contributed by atoms with E-state index in [1.807, 2.05) is 18.2 Å². The summed E-state index contributed by atoms with van der Waals surface area (Å²) in [5, 5.41) is 8.43. The van der Waals surface area contributed by atoms with Crippen molar-refractivity contribution in [3.63, 3.8) is 0 Å². The number of ether oxygens (including phenoxy) is 1. The smallest absolute Gasteiger partial charge is 0.323 e. The van der Waals surface area contributed by atoms with Crippen LogP contribution in [-0.2, 0) is 20.7 Å². The summed E-state index contributed by atoms with van der Waals surface area (Å²) >= 11 is 1.48. The van der Waals surface area contributed by atoms with Gasteiger partial charge < -0.3 is 9.84 Å². The molecule has 4 nitrogen and oxygen atoms in total. The number of carboxylic acids is 1. The lowest BCUT2D eigenvalue weighted by atomic mass is 9.98. The Labute approximate surface area is 187 Å².